The highest BCUT2D eigenvalue weighted by molar-refractivity contribution is 6.35. The number of aryl methyl sites for hydroxylation is 1. The summed E-state index contributed by atoms with van der Waals surface area (Å²) < 4.78 is 9.67. The molecule has 0 atom stereocenters. The monoisotopic (exact) mass is 554 g/mol. The van der Waals surface area contributed by atoms with Crippen LogP contribution in [0.15, 0.2) is 24.3 Å². The number of carbonyl (C=O) groups excluding carboxylic acids is 2. The van der Waals surface area contributed by atoms with Gasteiger partial charge in [-0.15, -0.1) is 20.4 Å². The molecule has 10 nitrogen and oxygen atoms in total. The maximum Gasteiger partial charge on any atom is 0.361 e. The van der Waals surface area contributed by atoms with Crippen LogP contribution in [0.2, 0.25) is 15.3 Å². The lowest BCUT2D eigenvalue weighted by molar-refractivity contribution is 0.0509. The van der Waals surface area contributed by atoms with E-state index in [1.54, 1.807) is 13.8 Å². The second-order valence-electron chi connectivity index (χ2n) is 7.47. The fourth-order valence-corrected chi connectivity index (χ4v) is 3.26. The average molecular weight is 556 g/mol. The molecule has 0 aliphatic carbocycles. The number of ether oxygens (including phenoxy) is 2. The molecule has 0 radical (unpaired) electrons. The molecule has 0 amide bonds. The van der Waals surface area contributed by atoms with Gasteiger partial charge in [-0.3, -0.25) is 0 Å². The maximum absolute atomic E-state index is 12.0. The molecule has 0 unspecified atom stereocenters. The number of aromatic nitrogens is 5. The summed E-state index contributed by atoms with van der Waals surface area (Å²) in [4.78, 5) is 27.7. The van der Waals surface area contributed by atoms with Crippen LogP contribution in [0, 0.1) is 6.92 Å². The minimum Gasteiger partial charge on any atom is -0.461 e. The number of nitrogens with zero attached hydrogens (tertiary/aromatic N) is 5. The van der Waals surface area contributed by atoms with Crippen molar-refractivity contribution in [2.45, 2.75) is 40.5 Å². The summed E-state index contributed by atoms with van der Waals surface area (Å²) >= 11 is 17.1. The number of pyridine rings is 1. The third-order valence-electron chi connectivity index (χ3n) is 4.26. The first-order valence-electron chi connectivity index (χ1n) is 10.9. The van der Waals surface area contributed by atoms with Gasteiger partial charge in [-0.25, -0.2) is 14.6 Å². The van der Waals surface area contributed by atoms with Gasteiger partial charge in [0.1, 0.15) is 5.82 Å². The zero-order valence-electron chi connectivity index (χ0n) is 20.3. The third-order valence-corrected chi connectivity index (χ3v) is 4.92. The molecule has 192 valence electrons. The summed E-state index contributed by atoms with van der Waals surface area (Å²) in [6.07, 6.45) is 0. The zero-order chi connectivity index (χ0) is 26.8. The van der Waals surface area contributed by atoms with Crippen molar-refractivity contribution in [2.24, 2.45) is 0 Å². The van der Waals surface area contributed by atoms with Crippen LogP contribution in [0.25, 0.3) is 0 Å². The summed E-state index contributed by atoms with van der Waals surface area (Å²) in [6.45, 7) is 10.1. The number of hydrogen-bond acceptors (Lipinski definition) is 10. The molecule has 36 heavy (non-hydrogen) atoms. The summed E-state index contributed by atoms with van der Waals surface area (Å²) in [5.41, 5.74) is 2.49. The fourth-order valence-electron chi connectivity index (χ4n) is 2.69. The molecular formula is C23H25Cl3N6O4. The minimum absolute atomic E-state index is 0.0204. The Morgan fingerprint density at radius 3 is 1.97 bits per heavy atom. The van der Waals surface area contributed by atoms with Crippen LogP contribution in [0.1, 0.15) is 65.8 Å². The van der Waals surface area contributed by atoms with E-state index < -0.39 is 11.9 Å². The van der Waals surface area contributed by atoms with E-state index in [0.29, 0.717) is 17.4 Å². The van der Waals surface area contributed by atoms with Crippen LogP contribution < -0.4 is 5.32 Å². The molecule has 0 fully saturated rings. The molecule has 0 saturated carbocycles. The molecule has 3 heterocycles. The summed E-state index contributed by atoms with van der Waals surface area (Å²) in [5.74, 6) is -0.255. The van der Waals surface area contributed by atoms with Crippen molar-refractivity contribution in [3.05, 3.63) is 62.2 Å². The Morgan fingerprint density at radius 2 is 1.42 bits per heavy atom. The van der Waals surface area contributed by atoms with Crippen molar-refractivity contribution in [3.8, 4) is 0 Å². The molecule has 0 aliphatic rings. The molecule has 3 rings (SSSR count). The van der Waals surface area contributed by atoms with Crippen LogP contribution in [0.4, 0.5) is 11.5 Å². The highest BCUT2D eigenvalue weighted by Crippen LogP contribution is 2.24. The number of esters is 2. The summed E-state index contributed by atoms with van der Waals surface area (Å²) in [7, 11) is 0. The molecular weight excluding hydrogens is 531 g/mol. The Morgan fingerprint density at radius 1 is 0.861 bits per heavy atom. The Bertz CT molecular complexity index is 1230. The Labute approximate surface area is 223 Å². The van der Waals surface area contributed by atoms with E-state index in [2.05, 4.69) is 49.3 Å². The first-order chi connectivity index (χ1) is 17.0. The van der Waals surface area contributed by atoms with Gasteiger partial charge in [-0.2, -0.15) is 0 Å². The molecule has 0 bridgehead atoms. The van der Waals surface area contributed by atoms with E-state index in [-0.39, 0.29) is 39.9 Å². The second kappa shape index (κ2) is 13.9. The summed E-state index contributed by atoms with van der Waals surface area (Å²) in [6, 6.07) is 6.78. The number of nitrogens with one attached hydrogen (secondary N) is 1. The zero-order valence-corrected chi connectivity index (χ0v) is 22.6. The van der Waals surface area contributed by atoms with Gasteiger partial charge in [0.05, 0.1) is 23.9 Å². The van der Waals surface area contributed by atoms with E-state index in [1.807, 2.05) is 19.1 Å². The standard InChI is InChI=1S/C16H19ClN4O2.C7H6Cl2N2O2/c1-5-23-16(22)15-12(8-13(17)20-21-15)19-14-7-10(4)6-11(18-14)9(2)3;1-2-13-7(12)6-4(8)3-5(9)10-11-6/h6-9H,5H2,1-4H3,(H,18,19,20);3H,2H2,1H3. The van der Waals surface area contributed by atoms with Crippen molar-refractivity contribution < 1.29 is 19.1 Å². The van der Waals surface area contributed by atoms with Gasteiger partial charge in [-0.1, -0.05) is 48.7 Å². The summed E-state index contributed by atoms with van der Waals surface area (Å²) in [5, 5.41) is 18.1. The van der Waals surface area contributed by atoms with Crippen molar-refractivity contribution in [1.82, 2.24) is 25.4 Å². The van der Waals surface area contributed by atoms with Crippen molar-refractivity contribution in [3.63, 3.8) is 0 Å². The molecule has 1 N–H and O–H groups in total. The molecule has 0 spiro atoms. The quantitative estimate of drug-likeness (QED) is 0.355. The highest BCUT2D eigenvalue weighted by atomic mass is 35.5. The number of rotatable bonds is 7. The maximum atomic E-state index is 12.0. The van der Waals surface area contributed by atoms with Crippen LogP contribution in [-0.4, -0.2) is 50.5 Å². The van der Waals surface area contributed by atoms with E-state index >= 15 is 0 Å². The van der Waals surface area contributed by atoms with Gasteiger partial charge < -0.3 is 14.8 Å². The largest absolute Gasteiger partial charge is 0.461 e. The fraction of sp³-hybridized carbons (Fsp3) is 0.348. The predicted octanol–water partition coefficient (Wildman–Crippen LogP) is 5.84. The number of anilines is 2. The SMILES string of the molecule is CCOC(=O)c1nnc(Cl)cc1Cl.CCOC(=O)c1nnc(Cl)cc1Nc1cc(C)cc(C(C)C)n1. The van der Waals surface area contributed by atoms with Gasteiger partial charge >= 0.3 is 11.9 Å². The molecule has 0 aliphatic heterocycles. The smallest absolute Gasteiger partial charge is 0.361 e. The van der Waals surface area contributed by atoms with E-state index in [9.17, 15) is 9.59 Å². The minimum atomic E-state index is -0.600. The van der Waals surface area contributed by atoms with E-state index in [0.717, 1.165) is 11.3 Å². The Kier molecular flexibility index (Phi) is 11.2. The number of carbonyl (C=O) groups is 2. The van der Waals surface area contributed by atoms with Crippen molar-refractivity contribution >= 4 is 58.2 Å². The Balaban J connectivity index is 0.000000297. The molecule has 0 saturated heterocycles. The second-order valence-corrected chi connectivity index (χ2v) is 8.65. The lowest BCUT2D eigenvalue weighted by Gasteiger charge is -2.13. The first-order valence-corrected chi connectivity index (χ1v) is 12.0. The molecule has 0 aromatic carbocycles. The molecule has 3 aromatic rings. The van der Waals surface area contributed by atoms with Crippen LogP contribution in [0.5, 0.6) is 0 Å². The lowest BCUT2D eigenvalue weighted by Crippen LogP contribution is -2.12. The average Bonchev–Trinajstić information content (AvgIpc) is 2.79. The molecule has 3 aromatic heterocycles. The van der Waals surface area contributed by atoms with Crippen molar-refractivity contribution in [1.29, 1.82) is 0 Å². The Hall–Kier alpha value is -3.08. The first kappa shape index (κ1) is 29.2. The predicted molar refractivity (Wildman–Crippen MR) is 137 cm³/mol. The van der Waals surface area contributed by atoms with Crippen LogP contribution in [0.3, 0.4) is 0 Å². The van der Waals surface area contributed by atoms with Gasteiger partial charge in [0.2, 0.25) is 0 Å². The molecule has 13 heteroatoms. The van der Waals surface area contributed by atoms with E-state index in [1.165, 1.54) is 12.1 Å². The number of halogens is 3. The normalized spacial score (nSPS) is 10.4. The van der Waals surface area contributed by atoms with Gasteiger partial charge in [0, 0.05) is 11.8 Å². The topological polar surface area (TPSA) is 129 Å². The van der Waals surface area contributed by atoms with Crippen LogP contribution >= 0.6 is 34.8 Å². The third kappa shape index (κ3) is 8.54. The lowest BCUT2D eigenvalue weighted by atomic mass is 10.1. The highest BCUT2D eigenvalue weighted by Gasteiger charge is 2.17. The van der Waals surface area contributed by atoms with Crippen LogP contribution in [-0.2, 0) is 9.47 Å². The number of hydrogen-bond donors (Lipinski definition) is 1. The van der Waals surface area contributed by atoms with Crippen molar-refractivity contribution in [2.75, 3.05) is 18.5 Å². The van der Waals surface area contributed by atoms with Gasteiger partial charge in [0.25, 0.3) is 0 Å². The van der Waals surface area contributed by atoms with Gasteiger partial charge in [0.15, 0.2) is 21.7 Å². The van der Waals surface area contributed by atoms with Gasteiger partial charge in [-0.05, 0) is 50.5 Å². The van der Waals surface area contributed by atoms with E-state index in [4.69, 9.17) is 39.5 Å².